The quantitative estimate of drug-likeness (QED) is 0.572. The Morgan fingerprint density at radius 3 is 2.45 bits per heavy atom. The molecule has 1 fully saturated rings. The number of hydrogen-bond acceptors (Lipinski definition) is 5. The Labute approximate surface area is 195 Å². The number of morpholine rings is 1. The van der Waals surface area contributed by atoms with E-state index in [9.17, 15) is 4.79 Å². The van der Waals surface area contributed by atoms with Crippen molar-refractivity contribution in [2.45, 2.75) is 26.4 Å². The smallest absolute Gasteiger partial charge is 0.255 e. The van der Waals surface area contributed by atoms with Crippen LogP contribution >= 0.6 is 0 Å². The zero-order valence-corrected chi connectivity index (χ0v) is 19.6. The van der Waals surface area contributed by atoms with Gasteiger partial charge in [-0.15, -0.1) is 0 Å². The van der Waals surface area contributed by atoms with E-state index < -0.39 is 0 Å². The molecule has 174 valence electrons. The van der Waals surface area contributed by atoms with Crippen molar-refractivity contribution in [2.24, 2.45) is 0 Å². The molecule has 4 rings (SSSR count). The van der Waals surface area contributed by atoms with Crippen molar-refractivity contribution < 1.29 is 14.3 Å². The van der Waals surface area contributed by atoms with Crippen LogP contribution in [-0.2, 0) is 11.3 Å². The number of nitrogens with zero attached hydrogens (tertiary/aromatic N) is 3. The number of carbonyl (C=O) groups is 1. The van der Waals surface area contributed by atoms with Crippen molar-refractivity contribution in [3.8, 4) is 5.75 Å². The highest BCUT2D eigenvalue weighted by atomic mass is 16.5. The van der Waals surface area contributed by atoms with Gasteiger partial charge in [0.1, 0.15) is 5.75 Å². The van der Waals surface area contributed by atoms with Crippen LogP contribution < -0.4 is 10.1 Å². The predicted molar refractivity (Wildman–Crippen MR) is 128 cm³/mol. The second-order valence-corrected chi connectivity index (χ2v) is 8.34. The minimum atomic E-state index is -0.0870. The molecule has 0 unspecified atom stereocenters. The first-order valence-corrected chi connectivity index (χ1v) is 11.4. The standard InChI is InChI=1S/C26H32N4O3/c1-19-25(20(2)30(28-19)18-21-7-5-4-6-8-21)26(31)27-17-24(29-13-15-33-16-14-29)22-9-11-23(32-3)12-10-22/h4-12,24H,13-18H2,1-3H3,(H,27,31)/t24-/m0/s1. The third-order valence-corrected chi connectivity index (χ3v) is 6.23. The number of methoxy groups -OCH3 is 1. The lowest BCUT2D eigenvalue weighted by Gasteiger charge is -2.35. The summed E-state index contributed by atoms with van der Waals surface area (Å²) >= 11 is 0. The molecule has 1 amide bonds. The maximum atomic E-state index is 13.2. The Bertz CT molecular complexity index is 1060. The molecule has 1 N–H and O–H groups in total. The fraction of sp³-hybridized carbons (Fsp3) is 0.385. The van der Waals surface area contributed by atoms with Crippen molar-refractivity contribution >= 4 is 5.91 Å². The van der Waals surface area contributed by atoms with E-state index in [2.05, 4.69) is 39.6 Å². The number of rotatable bonds is 8. The lowest BCUT2D eigenvalue weighted by Crippen LogP contribution is -2.44. The molecule has 0 aliphatic carbocycles. The SMILES string of the molecule is COc1ccc([C@H](CNC(=O)c2c(C)nn(Cc3ccccc3)c2C)N2CCOCC2)cc1. The summed E-state index contributed by atoms with van der Waals surface area (Å²) in [7, 11) is 1.66. The van der Waals surface area contributed by atoms with Gasteiger partial charge in [-0.3, -0.25) is 14.4 Å². The second kappa shape index (κ2) is 10.6. The summed E-state index contributed by atoms with van der Waals surface area (Å²) < 4.78 is 12.8. The molecule has 0 bridgehead atoms. The van der Waals surface area contributed by atoms with Gasteiger partial charge < -0.3 is 14.8 Å². The summed E-state index contributed by atoms with van der Waals surface area (Å²) in [6, 6.07) is 18.3. The van der Waals surface area contributed by atoms with E-state index in [1.54, 1.807) is 7.11 Å². The van der Waals surface area contributed by atoms with Crippen LogP contribution in [0.15, 0.2) is 54.6 Å². The first kappa shape index (κ1) is 23.0. The number of amides is 1. The van der Waals surface area contributed by atoms with Gasteiger partial charge in [0.15, 0.2) is 0 Å². The van der Waals surface area contributed by atoms with E-state index in [4.69, 9.17) is 9.47 Å². The van der Waals surface area contributed by atoms with Gasteiger partial charge >= 0.3 is 0 Å². The summed E-state index contributed by atoms with van der Waals surface area (Å²) in [6.07, 6.45) is 0. The maximum Gasteiger partial charge on any atom is 0.255 e. The molecule has 7 nitrogen and oxygen atoms in total. The zero-order chi connectivity index (χ0) is 23.2. The Hall–Kier alpha value is -3.16. The van der Waals surface area contributed by atoms with Gasteiger partial charge in [0.2, 0.25) is 0 Å². The van der Waals surface area contributed by atoms with Gasteiger partial charge in [-0.25, -0.2) is 0 Å². The molecule has 7 heteroatoms. The van der Waals surface area contributed by atoms with Gasteiger partial charge in [0.05, 0.1) is 44.2 Å². The average Bonchev–Trinajstić information content (AvgIpc) is 3.13. The molecule has 3 aromatic rings. The van der Waals surface area contributed by atoms with Crippen LogP contribution in [-0.4, -0.2) is 60.5 Å². The normalized spacial score (nSPS) is 15.2. The average molecular weight is 449 g/mol. The third-order valence-electron chi connectivity index (χ3n) is 6.23. The molecule has 2 aromatic carbocycles. The molecular formula is C26H32N4O3. The van der Waals surface area contributed by atoms with E-state index in [1.807, 2.05) is 48.9 Å². The summed E-state index contributed by atoms with van der Waals surface area (Å²) in [5.41, 5.74) is 4.57. The van der Waals surface area contributed by atoms with Gasteiger partial charge in [-0.05, 0) is 37.1 Å². The van der Waals surface area contributed by atoms with E-state index in [0.717, 1.165) is 41.4 Å². The van der Waals surface area contributed by atoms with Gasteiger partial charge in [0, 0.05) is 25.3 Å². The van der Waals surface area contributed by atoms with E-state index in [1.165, 1.54) is 0 Å². The van der Waals surface area contributed by atoms with Gasteiger partial charge in [-0.1, -0.05) is 42.5 Å². The minimum Gasteiger partial charge on any atom is -0.497 e. The number of aromatic nitrogens is 2. The fourth-order valence-electron chi connectivity index (χ4n) is 4.39. The number of nitrogens with one attached hydrogen (secondary N) is 1. The number of ether oxygens (including phenoxy) is 2. The molecule has 1 aliphatic rings. The van der Waals surface area contributed by atoms with Crippen molar-refractivity contribution in [3.05, 3.63) is 82.7 Å². The van der Waals surface area contributed by atoms with Crippen LogP contribution in [0.1, 0.15) is 38.9 Å². The summed E-state index contributed by atoms with van der Waals surface area (Å²) in [6.45, 7) is 8.07. The first-order chi connectivity index (χ1) is 16.1. The topological polar surface area (TPSA) is 68.6 Å². The molecule has 0 saturated carbocycles. The highest BCUT2D eigenvalue weighted by Gasteiger charge is 2.25. The Kier molecular flexibility index (Phi) is 7.42. The highest BCUT2D eigenvalue weighted by Crippen LogP contribution is 2.24. The van der Waals surface area contributed by atoms with Crippen LogP contribution in [0.3, 0.4) is 0 Å². The van der Waals surface area contributed by atoms with Crippen molar-refractivity contribution in [1.82, 2.24) is 20.0 Å². The fourth-order valence-corrected chi connectivity index (χ4v) is 4.39. The summed E-state index contributed by atoms with van der Waals surface area (Å²) in [5.74, 6) is 0.733. The monoisotopic (exact) mass is 448 g/mol. The van der Waals surface area contributed by atoms with Crippen LogP contribution in [0.4, 0.5) is 0 Å². The largest absolute Gasteiger partial charge is 0.497 e. The lowest BCUT2D eigenvalue weighted by atomic mass is 10.0. The minimum absolute atomic E-state index is 0.0590. The third kappa shape index (κ3) is 5.43. The molecule has 2 heterocycles. The number of hydrogen-bond donors (Lipinski definition) is 1. The van der Waals surface area contributed by atoms with Crippen LogP contribution in [0.5, 0.6) is 5.75 Å². The first-order valence-electron chi connectivity index (χ1n) is 11.4. The molecule has 0 radical (unpaired) electrons. The van der Waals surface area contributed by atoms with E-state index in [0.29, 0.717) is 31.9 Å². The second-order valence-electron chi connectivity index (χ2n) is 8.34. The molecule has 1 aromatic heterocycles. The Morgan fingerprint density at radius 2 is 1.79 bits per heavy atom. The van der Waals surface area contributed by atoms with E-state index >= 15 is 0 Å². The van der Waals surface area contributed by atoms with Gasteiger partial charge in [0.25, 0.3) is 5.91 Å². The molecule has 1 atom stereocenters. The number of carbonyl (C=O) groups excluding carboxylic acids is 1. The molecule has 33 heavy (non-hydrogen) atoms. The van der Waals surface area contributed by atoms with Gasteiger partial charge in [-0.2, -0.15) is 5.10 Å². The van der Waals surface area contributed by atoms with E-state index in [-0.39, 0.29) is 11.9 Å². The maximum absolute atomic E-state index is 13.2. The van der Waals surface area contributed by atoms with Crippen LogP contribution in [0.25, 0.3) is 0 Å². The summed E-state index contributed by atoms with van der Waals surface area (Å²) in [5, 5.41) is 7.81. The lowest BCUT2D eigenvalue weighted by molar-refractivity contribution is 0.0162. The summed E-state index contributed by atoms with van der Waals surface area (Å²) in [4.78, 5) is 15.6. The van der Waals surface area contributed by atoms with Crippen LogP contribution in [0.2, 0.25) is 0 Å². The van der Waals surface area contributed by atoms with Crippen molar-refractivity contribution in [1.29, 1.82) is 0 Å². The number of aryl methyl sites for hydroxylation is 1. The van der Waals surface area contributed by atoms with Crippen molar-refractivity contribution in [3.63, 3.8) is 0 Å². The Balaban J connectivity index is 1.50. The number of benzene rings is 2. The zero-order valence-electron chi connectivity index (χ0n) is 19.6. The Morgan fingerprint density at radius 1 is 1.09 bits per heavy atom. The molecule has 1 saturated heterocycles. The predicted octanol–water partition coefficient (Wildman–Crippen LogP) is 3.36. The van der Waals surface area contributed by atoms with Crippen LogP contribution in [0, 0.1) is 13.8 Å². The molecule has 1 aliphatic heterocycles. The highest BCUT2D eigenvalue weighted by molar-refractivity contribution is 5.96. The molecule has 0 spiro atoms. The molecular weight excluding hydrogens is 416 g/mol. The van der Waals surface area contributed by atoms with Crippen molar-refractivity contribution in [2.75, 3.05) is 40.0 Å².